The van der Waals surface area contributed by atoms with E-state index in [1.165, 1.54) is 50.7 Å². The first kappa shape index (κ1) is 39.3. The molecule has 0 amide bonds. The van der Waals surface area contributed by atoms with E-state index < -0.39 is 52.7 Å². The van der Waals surface area contributed by atoms with E-state index in [9.17, 15) is 35.1 Å². The maximum absolute atomic E-state index is 14.5. The van der Waals surface area contributed by atoms with Crippen molar-refractivity contribution < 1.29 is 39.9 Å². The first-order chi connectivity index (χ1) is 24.8. The Kier molecular flexibility index (Phi) is 13.1. The summed E-state index contributed by atoms with van der Waals surface area (Å²) in [6, 6.07) is 16.0. The number of aryl methyl sites for hydroxylation is 1. The molecule has 280 valence electrons. The van der Waals surface area contributed by atoms with Crippen LogP contribution in [0.25, 0.3) is 22.3 Å². The number of benzene rings is 4. The van der Waals surface area contributed by atoms with Crippen molar-refractivity contribution in [3.05, 3.63) is 113 Å². The minimum Gasteiger partial charge on any atom is -0.432 e. The van der Waals surface area contributed by atoms with Gasteiger partial charge in [0.15, 0.2) is 17.5 Å². The van der Waals surface area contributed by atoms with Crippen LogP contribution in [0.1, 0.15) is 89.2 Å². The van der Waals surface area contributed by atoms with Gasteiger partial charge in [-0.05, 0) is 110 Å². The molecular formula is C43H46F8O. The van der Waals surface area contributed by atoms with Crippen LogP contribution in [-0.2, 0) is 6.42 Å². The van der Waals surface area contributed by atoms with Gasteiger partial charge in [-0.2, -0.15) is 8.78 Å². The van der Waals surface area contributed by atoms with E-state index in [2.05, 4.69) is 18.6 Å². The first-order valence-corrected chi connectivity index (χ1v) is 18.4. The number of ether oxygens (including phenoxy) is 1. The van der Waals surface area contributed by atoms with E-state index in [1.807, 2.05) is 24.3 Å². The van der Waals surface area contributed by atoms with Crippen molar-refractivity contribution >= 4 is 0 Å². The fourth-order valence-electron chi connectivity index (χ4n) is 7.71. The maximum Gasteiger partial charge on any atom is 0.400 e. The standard InChI is InChI=1S/C22H19F3.C21H27F5O/c1-3-4-15-5-7-16(8-6-15)17-9-10-19(22(25)11-17)18-12-20(23)14(2)21(24)13-18;1-2-13-3-5-14(6-4-13)15-7-9-16(10-8-15)21(25,26)27-17-11-18(22)20(24)19(23)12-17/h5-13H,3-4H2,1-2H3;11-16H,2-10H2,1H3. The Morgan fingerprint density at radius 3 is 1.63 bits per heavy atom. The van der Waals surface area contributed by atoms with Crippen LogP contribution in [0.3, 0.4) is 0 Å². The van der Waals surface area contributed by atoms with Gasteiger partial charge in [0.05, 0.1) is 5.92 Å². The molecule has 0 atom stereocenters. The lowest BCUT2D eigenvalue weighted by Crippen LogP contribution is -2.38. The Balaban J connectivity index is 0.000000202. The van der Waals surface area contributed by atoms with Crippen LogP contribution >= 0.6 is 0 Å². The summed E-state index contributed by atoms with van der Waals surface area (Å²) < 4.78 is 115. The second kappa shape index (κ2) is 17.3. The zero-order chi connectivity index (χ0) is 37.6. The molecule has 0 unspecified atom stereocenters. The van der Waals surface area contributed by atoms with Crippen LogP contribution < -0.4 is 4.74 Å². The van der Waals surface area contributed by atoms with Crippen molar-refractivity contribution in [2.75, 3.05) is 0 Å². The third-order valence-electron chi connectivity index (χ3n) is 11.0. The quantitative estimate of drug-likeness (QED) is 0.123. The lowest BCUT2D eigenvalue weighted by atomic mass is 9.69. The molecule has 1 nitrogen and oxygen atoms in total. The van der Waals surface area contributed by atoms with E-state index in [-0.39, 0.29) is 16.7 Å². The number of halogens is 8. The van der Waals surface area contributed by atoms with Gasteiger partial charge >= 0.3 is 6.11 Å². The monoisotopic (exact) mass is 730 g/mol. The molecule has 2 fully saturated rings. The molecule has 2 aliphatic carbocycles. The molecule has 0 heterocycles. The van der Waals surface area contributed by atoms with Gasteiger partial charge in [-0.25, -0.2) is 26.3 Å². The summed E-state index contributed by atoms with van der Waals surface area (Å²) in [5.41, 5.74) is 3.21. The Labute approximate surface area is 301 Å². The lowest BCUT2D eigenvalue weighted by Gasteiger charge is -2.39. The zero-order valence-electron chi connectivity index (χ0n) is 29.9. The fraction of sp³-hybridized carbons (Fsp3) is 0.442. The number of hydrogen-bond acceptors (Lipinski definition) is 1. The van der Waals surface area contributed by atoms with Crippen molar-refractivity contribution in [1.29, 1.82) is 0 Å². The predicted molar refractivity (Wildman–Crippen MR) is 189 cm³/mol. The highest BCUT2D eigenvalue weighted by Gasteiger charge is 2.45. The van der Waals surface area contributed by atoms with Gasteiger partial charge in [0.1, 0.15) is 23.2 Å². The molecule has 0 radical (unpaired) electrons. The topological polar surface area (TPSA) is 9.23 Å². The van der Waals surface area contributed by atoms with Crippen LogP contribution in [0.2, 0.25) is 0 Å². The summed E-state index contributed by atoms with van der Waals surface area (Å²) in [7, 11) is 0. The average molecular weight is 731 g/mol. The highest BCUT2D eigenvalue weighted by molar-refractivity contribution is 5.71. The predicted octanol–water partition coefficient (Wildman–Crippen LogP) is 13.8. The van der Waals surface area contributed by atoms with Crippen LogP contribution in [-0.4, -0.2) is 6.11 Å². The van der Waals surface area contributed by atoms with Crippen molar-refractivity contribution in [2.45, 2.75) is 97.5 Å². The summed E-state index contributed by atoms with van der Waals surface area (Å²) in [4.78, 5) is 0. The van der Waals surface area contributed by atoms with Gasteiger partial charge < -0.3 is 4.74 Å². The van der Waals surface area contributed by atoms with Gasteiger partial charge in [-0.1, -0.05) is 75.9 Å². The Morgan fingerprint density at radius 2 is 1.12 bits per heavy atom. The van der Waals surface area contributed by atoms with Crippen LogP contribution in [0.5, 0.6) is 5.75 Å². The Bertz CT molecular complexity index is 1740. The second-order valence-electron chi connectivity index (χ2n) is 14.4. The molecule has 4 aromatic carbocycles. The van der Waals surface area contributed by atoms with Gasteiger partial charge in [0.2, 0.25) is 0 Å². The largest absolute Gasteiger partial charge is 0.432 e. The highest BCUT2D eigenvalue weighted by Crippen LogP contribution is 2.46. The first-order valence-electron chi connectivity index (χ1n) is 18.4. The maximum atomic E-state index is 14.5. The van der Waals surface area contributed by atoms with Crippen LogP contribution in [0.4, 0.5) is 35.1 Å². The molecular weight excluding hydrogens is 684 g/mol. The Morgan fingerprint density at radius 1 is 0.596 bits per heavy atom. The SMILES string of the molecule is CCC1CCC(C2CCC(C(F)(F)Oc3cc(F)c(F)c(F)c3)CC2)CC1.CCCc1ccc(-c2ccc(-c3cc(F)c(C)c(F)c3)c(F)c2)cc1. The van der Waals surface area contributed by atoms with Gasteiger partial charge in [-0.3, -0.25) is 0 Å². The zero-order valence-corrected chi connectivity index (χ0v) is 29.9. The van der Waals surface area contributed by atoms with E-state index >= 15 is 0 Å². The van der Waals surface area contributed by atoms with E-state index in [1.54, 1.807) is 12.1 Å². The van der Waals surface area contributed by atoms with Crippen molar-refractivity contribution in [3.8, 4) is 28.0 Å². The normalized spacial score (nSPS) is 20.6. The molecule has 52 heavy (non-hydrogen) atoms. The smallest absolute Gasteiger partial charge is 0.400 e. The van der Waals surface area contributed by atoms with E-state index in [0.29, 0.717) is 36.8 Å². The minimum absolute atomic E-state index is 0.0621. The van der Waals surface area contributed by atoms with Gasteiger partial charge in [0, 0.05) is 23.3 Å². The third-order valence-corrected chi connectivity index (χ3v) is 11.0. The lowest BCUT2D eigenvalue weighted by molar-refractivity contribution is -0.224. The third kappa shape index (κ3) is 9.56. The summed E-state index contributed by atoms with van der Waals surface area (Å²) >= 11 is 0. The summed E-state index contributed by atoms with van der Waals surface area (Å²) in [6.07, 6.45) is 6.76. The van der Waals surface area contributed by atoms with Crippen molar-refractivity contribution in [1.82, 2.24) is 0 Å². The molecule has 0 N–H and O–H groups in total. The van der Waals surface area contributed by atoms with Crippen molar-refractivity contribution in [3.63, 3.8) is 0 Å². The summed E-state index contributed by atoms with van der Waals surface area (Å²) in [5.74, 6) is -6.37. The van der Waals surface area contributed by atoms with E-state index in [4.69, 9.17) is 0 Å². The highest BCUT2D eigenvalue weighted by atomic mass is 19.3. The van der Waals surface area contributed by atoms with Gasteiger partial charge in [0.25, 0.3) is 0 Å². The number of hydrogen-bond donors (Lipinski definition) is 0. The van der Waals surface area contributed by atoms with Crippen LogP contribution in [0, 0.1) is 65.5 Å². The minimum atomic E-state index is -3.53. The molecule has 0 aliphatic heterocycles. The molecule has 0 saturated heterocycles. The summed E-state index contributed by atoms with van der Waals surface area (Å²) in [6.45, 7) is 5.70. The molecule has 0 aromatic heterocycles. The number of alkyl halides is 2. The van der Waals surface area contributed by atoms with Crippen molar-refractivity contribution in [2.24, 2.45) is 23.7 Å². The molecule has 0 spiro atoms. The van der Waals surface area contributed by atoms with Gasteiger partial charge in [-0.15, -0.1) is 0 Å². The molecule has 9 heteroatoms. The number of rotatable bonds is 9. The second-order valence-corrected chi connectivity index (χ2v) is 14.4. The average Bonchev–Trinajstić information content (AvgIpc) is 3.13. The summed E-state index contributed by atoms with van der Waals surface area (Å²) in [5, 5.41) is 0. The molecule has 0 bridgehead atoms. The molecule has 4 aromatic rings. The molecule has 2 saturated carbocycles. The Hall–Kier alpha value is -3.88. The fourth-order valence-corrected chi connectivity index (χ4v) is 7.71. The molecule has 2 aliphatic rings. The van der Waals surface area contributed by atoms with E-state index in [0.717, 1.165) is 54.9 Å². The molecule has 6 rings (SSSR count). The van der Waals surface area contributed by atoms with Crippen LogP contribution in [0.15, 0.2) is 66.7 Å².